The Hall–Kier alpha value is -1.31. The van der Waals surface area contributed by atoms with E-state index < -0.39 is 5.79 Å². The van der Waals surface area contributed by atoms with Crippen LogP contribution in [0.25, 0.3) is 0 Å². The normalized spacial score (nSPS) is 27.8. The van der Waals surface area contributed by atoms with Gasteiger partial charge in [0, 0.05) is 18.8 Å². The summed E-state index contributed by atoms with van der Waals surface area (Å²) in [4.78, 5) is 0. The number of allylic oxidation sites excluding steroid dienone is 4. The van der Waals surface area contributed by atoms with E-state index in [0.717, 1.165) is 0 Å². The van der Waals surface area contributed by atoms with E-state index in [1.54, 1.807) is 29.1 Å². The van der Waals surface area contributed by atoms with E-state index in [4.69, 9.17) is 0 Å². The molecule has 1 heterocycles. The van der Waals surface area contributed by atoms with Crippen LogP contribution < -0.4 is 0 Å². The monoisotopic (exact) mass is 163 g/mol. The minimum Gasteiger partial charge on any atom is -0.318 e. The number of alkyl halides is 1. The number of nitrogens with zero attached hydrogens (tertiary/aromatic N) is 1. The van der Waals surface area contributed by atoms with Gasteiger partial charge in [-0.3, -0.25) is 0 Å². The van der Waals surface area contributed by atoms with Crippen molar-refractivity contribution in [2.24, 2.45) is 0 Å². The maximum Gasteiger partial charge on any atom is 0.208 e. The van der Waals surface area contributed by atoms with Gasteiger partial charge in [-0.15, -0.1) is 0 Å². The fourth-order valence-electron chi connectivity index (χ4n) is 1.36. The van der Waals surface area contributed by atoms with Crippen LogP contribution in [-0.2, 0) is 5.79 Å². The quantitative estimate of drug-likeness (QED) is 0.599. The van der Waals surface area contributed by atoms with Crippen molar-refractivity contribution in [1.29, 1.82) is 0 Å². The molecule has 1 aromatic heterocycles. The molecule has 0 radical (unpaired) electrons. The van der Waals surface area contributed by atoms with Crippen LogP contribution in [0.5, 0.6) is 0 Å². The second-order valence-corrected chi connectivity index (χ2v) is 2.90. The second-order valence-electron chi connectivity index (χ2n) is 2.90. The second kappa shape index (κ2) is 2.63. The van der Waals surface area contributed by atoms with Gasteiger partial charge in [-0.05, 0) is 18.2 Å². The van der Waals surface area contributed by atoms with Gasteiger partial charge in [0.25, 0.3) is 0 Å². The lowest BCUT2D eigenvalue weighted by atomic mass is 10.1. The Morgan fingerprint density at radius 1 is 1.17 bits per heavy atom. The summed E-state index contributed by atoms with van der Waals surface area (Å²) in [6.07, 6.45) is 10.9. The molecule has 0 spiro atoms. The van der Waals surface area contributed by atoms with E-state index in [2.05, 4.69) is 0 Å². The Kier molecular flexibility index (Phi) is 1.61. The Morgan fingerprint density at radius 2 is 1.92 bits per heavy atom. The number of aromatic nitrogens is 1. The molecule has 0 saturated heterocycles. The van der Waals surface area contributed by atoms with Crippen molar-refractivity contribution in [2.75, 3.05) is 0 Å². The Balaban J connectivity index is 2.34. The van der Waals surface area contributed by atoms with Gasteiger partial charge in [0.2, 0.25) is 5.79 Å². The molecule has 0 bridgehead atoms. The van der Waals surface area contributed by atoms with Crippen molar-refractivity contribution in [3.8, 4) is 0 Å². The molecule has 0 N–H and O–H groups in total. The summed E-state index contributed by atoms with van der Waals surface area (Å²) in [7, 11) is 0. The molecule has 0 saturated carbocycles. The largest absolute Gasteiger partial charge is 0.318 e. The fraction of sp³-hybridized carbons (Fsp3) is 0.200. The predicted octanol–water partition coefficient (Wildman–Crippen LogP) is 2.63. The summed E-state index contributed by atoms with van der Waals surface area (Å²) in [5, 5.41) is 0. The molecule has 1 aliphatic rings. The molecule has 12 heavy (non-hydrogen) atoms. The summed E-state index contributed by atoms with van der Waals surface area (Å²) in [6.45, 7) is 0. The highest BCUT2D eigenvalue weighted by molar-refractivity contribution is 5.17. The first-order valence-electron chi connectivity index (χ1n) is 3.98. The first-order chi connectivity index (χ1) is 5.81. The van der Waals surface area contributed by atoms with Gasteiger partial charge in [0.05, 0.1) is 0 Å². The van der Waals surface area contributed by atoms with Gasteiger partial charge in [-0.25, -0.2) is 4.39 Å². The third-order valence-corrected chi connectivity index (χ3v) is 2.04. The highest BCUT2D eigenvalue weighted by Gasteiger charge is 2.26. The SMILES string of the molecule is FC1(n2cccc2)C=CC=CC1. The van der Waals surface area contributed by atoms with Gasteiger partial charge < -0.3 is 4.57 Å². The summed E-state index contributed by atoms with van der Waals surface area (Å²) >= 11 is 0. The van der Waals surface area contributed by atoms with Crippen LogP contribution in [0.4, 0.5) is 4.39 Å². The summed E-state index contributed by atoms with van der Waals surface area (Å²) in [6, 6.07) is 3.65. The van der Waals surface area contributed by atoms with Gasteiger partial charge >= 0.3 is 0 Å². The van der Waals surface area contributed by atoms with E-state index >= 15 is 0 Å². The standard InChI is InChI=1S/C10H10FN/c11-10(6-2-1-3-7-10)12-8-4-5-9-12/h1-6,8-9H,7H2. The molecule has 2 rings (SSSR count). The lowest BCUT2D eigenvalue weighted by molar-refractivity contribution is 0.136. The maximum absolute atomic E-state index is 14.0. The average Bonchev–Trinajstić information content (AvgIpc) is 2.58. The van der Waals surface area contributed by atoms with Crippen molar-refractivity contribution in [1.82, 2.24) is 4.57 Å². The van der Waals surface area contributed by atoms with Gasteiger partial charge in [0.1, 0.15) is 0 Å². The van der Waals surface area contributed by atoms with E-state index in [-0.39, 0.29) is 0 Å². The van der Waals surface area contributed by atoms with Crippen LogP contribution in [0.2, 0.25) is 0 Å². The number of hydrogen-bond acceptors (Lipinski definition) is 0. The van der Waals surface area contributed by atoms with Crippen LogP contribution >= 0.6 is 0 Å². The van der Waals surface area contributed by atoms with Crippen LogP contribution in [0.15, 0.2) is 48.8 Å². The minimum absolute atomic E-state index is 0.415. The number of hydrogen-bond donors (Lipinski definition) is 0. The molecule has 2 heteroatoms. The number of rotatable bonds is 1. The van der Waals surface area contributed by atoms with Crippen LogP contribution in [0, 0.1) is 0 Å². The van der Waals surface area contributed by atoms with E-state index in [1.165, 1.54) is 0 Å². The highest BCUT2D eigenvalue weighted by Crippen LogP contribution is 2.27. The molecule has 0 fully saturated rings. The summed E-state index contributed by atoms with van der Waals surface area (Å²) in [5.74, 6) is -1.35. The smallest absolute Gasteiger partial charge is 0.208 e. The van der Waals surface area contributed by atoms with Crippen molar-refractivity contribution in [3.05, 3.63) is 48.8 Å². The molecule has 1 unspecified atom stereocenters. The number of halogens is 1. The van der Waals surface area contributed by atoms with Crippen molar-refractivity contribution < 1.29 is 4.39 Å². The molecule has 1 aromatic rings. The molecule has 0 amide bonds. The Labute approximate surface area is 70.8 Å². The molecule has 0 aliphatic heterocycles. The maximum atomic E-state index is 14.0. The molecule has 0 aromatic carbocycles. The van der Waals surface area contributed by atoms with Crippen molar-refractivity contribution in [2.45, 2.75) is 12.2 Å². The van der Waals surface area contributed by atoms with Gasteiger partial charge in [0.15, 0.2) is 0 Å². The summed E-state index contributed by atoms with van der Waals surface area (Å²) in [5.41, 5.74) is 0. The average molecular weight is 163 g/mol. The van der Waals surface area contributed by atoms with E-state index in [9.17, 15) is 4.39 Å². The lowest BCUT2D eigenvalue weighted by Gasteiger charge is -2.23. The summed E-state index contributed by atoms with van der Waals surface area (Å²) < 4.78 is 15.5. The first kappa shape index (κ1) is 7.35. The van der Waals surface area contributed by atoms with Crippen LogP contribution in [-0.4, -0.2) is 4.57 Å². The van der Waals surface area contributed by atoms with Crippen LogP contribution in [0.3, 0.4) is 0 Å². The zero-order chi connectivity index (χ0) is 8.44. The van der Waals surface area contributed by atoms with Crippen molar-refractivity contribution in [3.63, 3.8) is 0 Å². The lowest BCUT2D eigenvalue weighted by Crippen LogP contribution is -2.24. The van der Waals surface area contributed by atoms with E-state index in [0.29, 0.717) is 6.42 Å². The zero-order valence-electron chi connectivity index (χ0n) is 6.65. The third-order valence-electron chi connectivity index (χ3n) is 2.04. The zero-order valence-corrected chi connectivity index (χ0v) is 6.65. The topological polar surface area (TPSA) is 4.93 Å². The van der Waals surface area contributed by atoms with Crippen LogP contribution in [0.1, 0.15) is 6.42 Å². The van der Waals surface area contributed by atoms with Gasteiger partial charge in [-0.1, -0.05) is 18.2 Å². The molecule has 1 atom stereocenters. The minimum atomic E-state index is -1.35. The molecule has 1 aliphatic carbocycles. The molecular formula is C10H10FN. The Morgan fingerprint density at radius 3 is 2.50 bits per heavy atom. The van der Waals surface area contributed by atoms with Crippen molar-refractivity contribution >= 4 is 0 Å². The molecule has 62 valence electrons. The Bertz CT molecular complexity index is 311. The fourth-order valence-corrected chi connectivity index (χ4v) is 1.36. The molecular weight excluding hydrogens is 153 g/mol. The van der Waals surface area contributed by atoms with Gasteiger partial charge in [-0.2, -0.15) is 0 Å². The third kappa shape index (κ3) is 1.09. The van der Waals surface area contributed by atoms with E-state index in [1.807, 2.05) is 24.3 Å². The highest BCUT2D eigenvalue weighted by atomic mass is 19.1. The predicted molar refractivity (Wildman–Crippen MR) is 46.4 cm³/mol. The first-order valence-corrected chi connectivity index (χ1v) is 3.98. The molecule has 1 nitrogen and oxygen atoms in total.